The van der Waals surface area contributed by atoms with Crippen molar-refractivity contribution in [3.05, 3.63) is 24.3 Å². The maximum Gasteiger partial charge on any atom is 0.261 e. The average molecular weight is 337 g/mol. The van der Waals surface area contributed by atoms with Crippen LogP contribution in [0, 0.1) is 11.8 Å². The summed E-state index contributed by atoms with van der Waals surface area (Å²) in [7, 11) is -2.05. The van der Waals surface area contributed by atoms with Crippen LogP contribution in [0.4, 0.5) is 0 Å². The first-order valence-electron chi connectivity index (χ1n) is 8.16. The van der Waals surface area contributed by atoms with Crippen LogP contribution in [0.2, 0.25) is 18.1 Å². The standard InChI is InChI=1S/C17H27NO4Si/c1-7-14(22-23(5,6)17(2,3)4)21-18-15(19)12-10-8-9-11-13(12)16(18)20/h8-14H,7H2,1-6H3/t12-,13-,14-/m0/s1. The van der Waals surface area contributed by atoms with E-state index in [1.807, 2.05) is 6.92 Å². The predicted octanol–water partition coefficient (Wildman–Crippen LogP) is 3.40. The second kappa shape index (κ2) is 6.34. The van der Waals surface area contributed by atoms with Crippen LogP contribution in [0.15, 0.2) is 24.3 Å². The van der Waals surface area contributed by atoms with E-state index in [4.69, 9.17) is 9.26 Å². The second-order valence-electron chi connectivity index (χ2n) is 7.61. The van der Waals surface area contributed by atoms with Crippen LogP contribution in [0.1, 0.15) is 34.1 Å². The molecule has 1 saturated heterocycles. The van der Waals surface area contributed by atoms with Gasteiger partial charge in [-0.15, -0.1) is 5.06 Å². The molecule has 0 N–H and O–H groups in total. The number of hydrogen-bond acceptors (Lipinski definition) is 4. The van der Waals surface area contributed by atoms with Gasteiger partial charge in [0, 0.05) is 0 Å². The Morgan fingerprint density at radius 2 is 1.61 bits per heavy atom. The highest BCUT2D eigenvalue weighted by atomic mass is 28.4. The smallest absolute Gasteiger partial charge is 0.261 e. The number of fused-ring (bicyclic) bond motifs is 1. The van der Waals surface area contributed by atoms with E-state index in [1.54, 1.807) is 24.3 Å². The third-order valence-electron chi connectivity index (χ3n) is 4.89. The summed E-state index contributed by atoms with van der Waals surface area (Å²) < 4.78 is 6.20. The van der Waals surface area contributed by atoms with E-state index in [9.17, 15) is 9.59 Å². The summed E-state index contributed by atoms with van der Waals surface area (Å²) in [5.74, 6) is -1.51. The number of hydrogen-bond donors (Lipinski definition) is 0. The molecule has 1 heterocycles. The number of imide groups is 1. The van der Waals surface area contributed by atoms with Gasteiger partial charge >= 0.3 is 0 Å². The minimum absolute atomic E-state index is 0.0300. The van der Waals surface area contributed by atoms with Gasteiger partial charge in [-0.25, -0.2) is 4.84 Å². The SMILES string of the molecule is CC[C@@H](ON1C(=O)[C@H]2C=CC=C[C@@H]2C1=O)O[Si](C)(C)C(C)(C)C. The van der Waals surface area contributed by atoms with Gasteiger partial charge in [-0.1, -0.05) is 52.0 Å². The number of carbonyl (C=O) groups is 2. The molecule has 0 unspecified atom stereocenters. The molecule has 2 amide bonds. The lowest BCUT2D eigenvalue weighted by Gasteiger charge is -2.39. The van der Waals surface area contributed by atoms with Crippen molar-refractivity contribution in [2.45, 2.75) is 58.5 Å². The fourth-order valence-electron chi connectivity index (χ4n) is 2.36. The molecule has 128 valence electrons. The molecule has 6 heteroatoms. The van der Waals surface area contributed by atoms with Crippen LogP contribution in [0.25, 0.3) is 0 Å². The highest BCUT2D eigenvalue weighted by Gasteiger charge is 2.48. The molecule has 0 spiro atoms. The van der Waals surface area contributed by atoms with Gasteiger partial charge in [0.15, 0.2) is 14.6 Å². The average Bonchev–Trinajstić information content (AvgIpc) is 2.70. The molecule has 1 aliphatic carbocycles. The first kappa shape index (κ1) is 18.1. The van der Waals surface area contributed by atoms with Crippen molar-refractivity contribution in [1.29, 1.82) is 0 Å². The summed E-state index contributed by atoms with van der Waals surface area (Å²) >= 11 is 0. The minimum Gasteiger partial charge on any atom is -0.391 e. The fourth-order valence-corrected chi connectivity index (χ4v) is 3.59. The van der Waals surface area contributed by atoms with E-state index in [0.717, 1.165) is 5.06 Å². The topological polar surface area (TPSA) is 55.8 Å². The largest absolute Gasteiger partial charge is 0.391 e. The van der Waals surface area contributed by atoms with Crippen molar-refractivity contribution in [1.82, 2.24) is 5.06 Å². The molecule has 2 aliphatic rings. The highest BCUT2D eigenvalue weighted by Crippen LogP contribution is 2.38. The van der Waals surface area contributed by atoms with Crippen LogP contribution < -0.4 is 0 Å². The monoisotopic (exact) mass is 337 g/mol. The molecule has 1 fully saturated rings. The summed E-state index contributed by atoms with van der Waals surface area (Å²) in [6, 6.07) is 0. The molecular weight excluding hydrogens is 310 g/mol. The minimum atomic E-state index is -2.05. The Labute approximate surface area is 139 Å². The molecular formula is C17H27NO4Si. The molecule has 2 rings (SSSR count). The van der Waals surface area contributed by atoms with Gasteiger partial charge in [-0.05, 0) is 24.6 Å². The molecule has 1 aliphatic heterocycles. The first-order valence-corrected chi connectivity index (χ1v) is 11.1. The van der Waals surface area contributed by atoms with E-state index in [1.165, 1.54) is 0 Å². The zero-order valence-corrected chi connectivity index (χ0v) is 15.8. The van der Waals surface area contributed by atoms with Crippen molar-refractivity contribution in [2.24, 2.45) is 11.8 Å². The van der Waals surface area contributed by atoms with Crippen molar-refractivity contribution >= 4 is 20.1 Å². The number of allylic oxidation sites excluding steroid dienone is 2. The molecule has 3 atom stereocenters. The third kappa shape index (κ3) is 3.49. The van der Waals surface area contributed by atoms with Crippen LogP contribution >= 0.6 is 0 Å². The van der Waals surface area contributed by atoms with Gasteiger partial charge in [0.1, 0.15) is 0 Å². The van der Waals surface area contributed by atoms with Gasteiger partial charge in [0.2, 0.25) is 0 Å². The maximum atomic E-state index is 12.4. The maximum absolute atomic E-state index is 12.4. The number of carbonyl (C=O) groups excluding carboxylic acids is 2. The van der Waals surface area contributed by atoms with E-state index in [2.05, 4.69) is 33.9 Å². The molecule has 23 heavy (non-hydrogen) atoms. The van der Waals surface area contributed by atoms with E-state index < -0.39 is 26.4 Å². The predicted molar refractivity (Wildman–Crippen MR) is 90.6 cm³/mol. The van der Waals surface area contributed by atoms with Crippen LogP contribution in [0.5, 0.6) is 0 Å². The first-order chi connectivity index (χ1) is 10.6. The van der Waals surface area contributed by atoms with Crippen molar-refractivity contribution in [3.63, 3.8) is 0 Å². The van der Waals surface area contributed by atoms with E-state index >= 15 is 0 Å². The quantitative estimate of drug-likeness (QED) is 0.438. The Balaban J connectivity index is 2.10. The van der Waals surface area contributed by atoms with Crippen molar-refractivity contribution < 1.29 is 18.9 Å². The lowest BCUT2D eigenvalue weighted by atomic mass is 9.91. The Hall–Kier alpha value is -1.24. The van der Waals surface area contributed by atoms with Crippen molar-refractivity contribution in [3.8, 4) is 0 Å². The number of rotatable bonds is 5. The molecule has 5 nitrogen and oxygen atoms in total. The molecule has 0 aromatic rings. The van der Waals surface area contributed by atoms with Gasteiger partial charge in [0.25, 0.3) is 11.8 Å². The Morgan fingerprint density at radius 1 is 1.13 bits per heavy atom. The fraction of sp³-hybridized carbons (Fsp3) is 0.647. The van der Waals surface area contributed by atoms with Crippen LogP contribution in [-0.2, 0) is 18.9 Å². The van der Waals surface area contributed by atoms with E-state index in [0.29, 0.717) is 6.42 Å². The Morgan fingerprint density at radius 3 is 2.00 bits per heavy atom. The summed E-state index contributed by atoms with van der Waals surface area (Å²) in [5.41, 5.74) is 0. The second-order valence-corrected chi connectivity index (χ2v) is 12.4. The highest BCUT2D eigenvalue weighted by molar-refractivity contribution is 6.74. The zero-order chi connectivity index (χ0) is 17.4. The number of hydroxylamine groups is 2. The molecule has 0 bridgehead atoms. The number of nitrogens with zero attached hydrogens (tertiary/aromatic N) is 1. The summed E-state index contributed by atoms with van der Waals surface area (Å²) in [5, 5.41) is 0.943. The Bertz CT molecular complexity index is 517. The summed E-state index contributed by atoms with van der Waals surface area (Å²) in [6.45, 7) is 12.6. The van der Waals surface area contributed by atoms with E-state index in [-0.39, 0.29) is 16.9 Å². The lowest BCUT2D eigenvalue weighted by Crippen LogP contribution is -2.47. The van der Waals surface area contributed by atoms with Gasteiger partial charge in [-0.3, -0.25) is 9.59 Å². The van der Waals surface area contributed by atoms with Gasteiger partial charge < -0.3 is 4.43 Å². The van der Waals surface area contributed by atoms with Crippen LogP contribution in [-0.4, -0.2) is 31.5 Å². The van der Waals surface area contributed by atoms with Crippen molar-refractivity contribution in [2.75, 3.05) is 0 Å². The number of amides is 2. The lowest BCUT2D eigenvalue weighted by molar-refractivity contribution is -0.240. The molecule has 0 aromatic carbocycles. The summed E-state index contributed by atoms with van der Waals surface area (Å²) in [4.78, 5) is 30.5. The van der Waals surface area contributed by atoms with Crippen LogP contribution in [0.3, 0.4) is 0 Å². The van der Waals surface area contributed by atoms with Gasteiger partial charge in [-0.2, -0.15) is 0 Å². The molecule has 0 saturated carbocycles. The van der Waals surface area contributed by atoms with Gasteiger partial charge in [0.05, 0.1) is 11.8 Å². The molecule has 0 aromatic heterocycles. The Kier molecular flexibility index (Phi) is 4.99. The third-order valence-corrected chi connectivity index (χ3v) is 9.36. The zero-order valence-electron chi connectivity index (χ0n) is 14.8. The normalized spacial score (nSPS) is 25.9. The molecule has 0 radical (unpaired) electrons. The summed E-state index contributed by atoms with van der Waals surface area (Å²) in [6.07, 6.45) is 7.08.